The van der Waals surface area contributed by atoms with E-state index in [-0.39, 0.29) is 6.61 Å². The van der Waals surface area contributed by atoms with E-state index >= 15 is 0 Å². The first-order chi connectivity index (χ1) is 20.4. The fraction of sp³-hybridized carbons (Fsp3) is 0.533. The highest BCUT2D eigenvalue weighted by Gasteiger charge is 2.72. The van der Waals surface area contributed by atoms with Gasteiger partial charge in [-0.1, -0.05) is 12.1 Å². The number of esters is 1. The van der Waals surface area contributed by atoms with Crippen LogP contribution in [0.2, 0.25) is 0 Å². The molecule has 7 rings (SSSR count). The maximum atomic E-state index is 13.3. The highest BCUT2D eigenvalue weighted by molar-refractivity contribution is 5.88. The lowest BCUT2D eigenvalue weighted by Gasteiger charge is -2.21. The zero-order chi connectivity index (χ0) is 30.7. The summed E-state index contributed by atoms with van der Waals surface area (Å²) in [4.78, 5) is 24.5. The number of aliphatic hydroxyl groups excluding tert-OH is 1. The monoisotopic (exact) mass is 602 g/mol. The summed E-state index contributed by atoms with van der Waals surface area (Å²) in [5, 5.41) is 13.2. The molecule has 2 aliphatic heterocycles. The highest BCUT2D eigenvalue weighted by atomic mass is 19.3. The highest BCUT2D eigenvalue weighted by Crippen LogP contribution is 2.60. The molecule has 9 nitrogen and oxygen atoms in total. The van der Waals surface area contributed by atoms with Crippen molar-refractivity contribution in [3.8, 4) is 0 Å². The van der Waals surface area contributed by atoms with Crippen molar-refractivity contribution in [3.63, 3.8) is 0 Å². The standard InChI is InChI=1S/C18H20F2N4O2.C12H14F2N2O/c1-3-26-17(25)13-6-21-24(8-13)7-12-4-5-16(22-11(12)2)23-9-14-15(10-23)18(14,19)20;1-7-8(6-17)2-3-11(15-7)16-4-9-10(5-16)12(9,13)14/h4-6,8,14-15H,3,7,9-10H2,1-2H3;2-3,9-10,17H,4-6H2,1H3. The second-order valence-electron chi connectivity index (χ2n) is 11.7. The molecule has 2 saturated heterocycles. The Hall–Kier alpha value is -3.74. The lowest BCUT2D eigenvalue weighted by molar-refractivity contribution is 0.0526. The molecule has 3 aromatic rings. The van der Waals surface area contributed by atoms with E-state index in [1.807, 2.05) is 35.8 Å². The van der Waals surface area contributed by atoms with Crippen LogP contribution in [0.15, 0.2) is 36.7 Å². The molecule has 2 aliphatic carbocycles. The molecule has 0 aromatic carbocycles. The van der Waals surface area contributed by atoms with Crippen LogP contribution in [0.25, 0.3) is 0 Å². The number of ether oxygens (including phenoxy) is 1. The maximum Gasteiger partial charge on any atom is 0.341 e. The zero-order valence-corrected chi connectivity index (χ0v) is 24.2. The number of carbonyl (C=O) groups excluding carboxylic acids is 1. The number of pyridine rings is 2. The van der Waals surface area contributed by atoms with E-state index in [1.54, 1.807) is 29.9 Å². The topological polar surface area (TPSA) is 96.6 Å². The van der Waals surface area contributed by atoms with Crippen LogP contribution in [0.4, 0.5) is 29.2 Å². The number of fused-ring (bicyclic) bond motifs is 2. The number of aryl methyl sites for hydroxylation is 2. The van der Waals surface area contributed by atoms with Crippen molar-refractivity contribution >= 4 is 17.6 Å². The van der Waals surface area contributed by atoms with Gasteiger partial charge in [-0.25, -0.2) is 32.3 Å². The Kier molecular flexibility index (Phi) is 7.34. The number of alkyl halides is 4. The van der Waals surface area contributed by atoms with E-state index in [1.165, 1.54) is 6.20 Å². The van der Waals surface area contributed by atoms with Gasteiger partial charge in [-0.2, -0.15) is 5.10 Å². The summed E-state index contributed by atoms with van der Waals surface area (Å²) in [6.07, 6.45) is 3.12. The quantitative estimate of drug-likeness (QED) is 0.319. The lowest BCUT2D eigenvalue weighted by Crippen LogP contribution is -2.28. The average Bonchev–Trinajstić information content (AvgIpc) is 3.49. The summed E-state index contributed by atoms with van der Waals surface area (Å²) in [7, 11) is 0. The molecule has 1 N–H and O–H groups in total. The Bertz CT molecular complexity index is 1500. The minimum atomic E-state index is -2.48. The van der Waals surface area contributed by atoms with E-state index in [0.717, 1.165) is 34.2 Å². The second-order valence-corrected chi connectivity index (χ2v) is 11.7. The van der Waals surface area contributed by atoms with Gasteiger partial charge in [0.2, 0.25) is 0 Å². The van der Waals surface area contributed by atoms with Crippen molar-refractivity contribution in [3.05, 3.63) is 64.7 Å². The molecule has 2 saturated carbocycles. The first-order valence-electron chi connectivity index (χ1n) is 14.4. The Morgan fingerprint density at radius 1 is 0.884 bits per heavy atom. The van der Waals surface area contributed by atoms with Gasteiger partial charge in [-0.3, -0.25) is 4.68 Å². The predicted molar refractivity (Wildman–Crippen MR) is 149 cm³/mol. The molecule has 230 valence electrons. The van der Waals surface area contributed by atoms with Crippen LogP contribution in [-0.2, 0) is 17.9 Å². The molecular weight excluding hydrogens is 568 g/mol. The largest absolute Gasteiger partial charge is 0.462 e. The number of halogens is 4. The molecular formula is C30H34F4N6O3. The summed E-state index contributed by atoms with van der Waals surface area (Å²) >= 11 is 0. The van der Waals surface area contributed by atoms with Gasteiger partial charge < -0.3 is 19.6 Å². The molecule has 5 heterocycles. The fourth-order valence-electron chi connectivity index (χ4n) is 6.17. The number of anilines is 2. The van der Waals surface area contributed by atoms with Gasteiger partial charge in [0, 0.05) is 43.8 Å². The molecule has 0 spiro atoms. The van der Waals surface area contributed by atoms with Gasteiger partial charge in [0.05, 0.1) is 55.2 Å². The van der Waals surface area contributed by atoms with Crippen LogP contribution in [0.5, 0.6) is 0 Å². The number of rotatable bonds is 7. The van der Waals surface area contributed by atoms with Crippen LogP contribution in [0.1, 0.15) is 39.8 Å². The summed E-state index contributed by atoms with van der Waals surface area (Å²) in [5.74, 6) is -5.86. The van der Waals surface area contributed by atoms with Crippen molar-refractivity contribution in [2.24, 2.45) is 23.7 Å². The first kappa shape index (κ1) is 29.3. The summed E-state index contributed by atoms with van der Waals surface area (Å²) < 4.78 is 59.4. The van der Waals surface area contributed by atoms with E-state index in [4.69, 9.17) is 9.84 Å². The SMILES string of the molecule is CCOC(=O)c1cnn(Cc2ccc(N3CC4C(C3)C4(F)F)nc2C)c1.Cc1nc(N2CC3C(C2)C3(F)F)ccc1CO. The van der Waals surface area contributed by atoms with E-state index in [9.17, 15) is 22.4 Å². The van der Waals surface area contributed by atoms with Crippen LogP contribution in [-0.4, -0.2) is 75.5 Å². The molecule has 4 aliphatic rings. The minimum absolute atomic E-state index is 0.0393. The van der Waals surface area contributed by atoms with Gasteiger partial charge in [-0.05, 0) is 44.0 Å². The number of carbonyl (C=O) groups is 1. The second kappa shape index (κ2) is 10.8. The number of hydrogen-bond donors (Lipinski definition) is 1. The summed E-state index contributed by atoms with van der Waals surface area (Å²) in [5.41, 5.74) is 3.73. The van der Waals surface area contributed by atoms with Crippen molar-refractivity contribution < 1.29 is 32.2 Å². The minimum Gasteiger partial charge on any atom is -0.462 e. The Morgan fingerprint density at radius 3 is 1.81 bits per heavy atom. The van der Waals surface area contributed by atoms with Crippen LogP contribution in [0, 0.1) is 37.5 Å². The van der Waals surface area contributed by atoms with Gasteiger partial charge in [0.1, 0.15) is 11.6 Å². The van der Waals surface area contributed by atoms with E-state index < -0.39 is 41.5 Å². The zero-order valence-electron chi connectivity index (χ0n) is 24.2. The van der Waals surface area contributed by atoms with Crippen molar-refractivity contribution in [1.29, 1.82) is 0 Å². The first-order valence-corrected chi connectivity index (χ1v) is 14.4. The number of aliphatic hydroxyl groups is 1. The normalized spacial score (nSPS) is 25.5. The van der Waals surface area contributed by atoms with Crippen LogP contribution in [0.3, 0.4) is 0 Å². The average molecular weight is 603 g/mol. The van der Waals surface area contributed by atoms with E-state index in [2.05, 4.69) is 15.1 Å². The molecule has 13 heteroatoms. The van der Waals surface area contributed by atoms with Crippen molar-refractivity contribution in [2.45, 2.75) is 45.8 Å². The van der Waals surface area contributed by atoms with Gasteiger partial charge >= 0.3 is 5.97 Å². The lowest BCUT2D eigenvalue weighted by atomic mass is 10.2. The van der Waals surface area contributed by atoms with Gasteiger partial charge in [-0.15, -0.1) is 0 Å². The van der Waals surface area contributed by atoms with Gasteiger partial charge in [0.15, 0.2) is 0 Å². The molecule has 0 amide bonds. The Labute approximate surface area is 246 Å². The smallest absolute Gasteiger partial charge is 0.341 e. The third kappa shape index (κ3) is 5.43. The molecule has 4 unspecified atom stereocenters. The molecule has 0 radical (unpaired) electrons. The number of aromatic nitrogens is 4. The number of nitrogens with zero attached hydrogens (tertiary/aromatic N) is 6. The Morgan fingerprint density at radius 2 is 1.37 bits per heavy atom. The van der Waals surface area contributed by atoms with Crippen LogP contribution >= 0.6 is 0 Å². The predicted octanol–water partition coefficient (Wildman–Crippen LogP) is 4.10. The summed E-state index contributed by atoms with van der Waals surface area (Å²) in [6, 6.07) is 7.40. The molecule has 43 heavy (non-hydrogen) atoms. The molecule has 4 fully saturated rings. The summed E-state index contributed by atoms with van der Waals surface area (Å²) in [6.45, 7) is 7.73. The van der Waals surface area contributed by atoms with Crippen molar-refractivity contribution in [2.75, 3.05) is 42.6 Å². The van der Waals surface area contributed by atoms with Crippen molar-refractivity contribution in [1.82, 2.24) is 19.7 Å². The number of piperidine rings is 2. The number of hydrogen-bond acceptors (Lipinski definition) is 8. The van der Waals surface area contributed by atoms with E-state index in [0.29, 0.717) is 44.9 Å². The third-order valence-electron chi connectivity index (χ3n) is 9.06. The Balaban J connectivity index is 0.000000167. The molecule has 0 bridgehead atoms. The maximum absolute atomic E-state index is 13.3. The molecule has 3 aromatic heterocycles. The van der Waals surface area contributed by atoms with Gasteiger partial charge in [0.25, 0.3) is 11.8 Å². The third-order valence-corrected chi connectivity index (χ3v) is 9.06. The molecule has 4 atom stereocenters. The fourth-order valence-corrected chi connectivity index (χ4v) is 6.17. The van der Waals surface area contributed by atoms with Crippen LogP contribution < -0.4 is 9.80 Å².